The zero-order valence-corrected chi connectivity index (χ0v) is 10.7. The van der Waals surface area contributed by atoms with E-state index in [1.165, 1.54) is 0 Å². The van der Waals surface area contributed by atoms with Crippen molar-refractivity contribution in [2.45, 2.75) is 6.10 Å². The van der Waals surface area contributed by atoms with Crippen molar-refractivity contribution in [1.82, 2.24) is 5.32 Å². The van der Waals surface area contributed by atoms with Crippen LogP contribution >= 0.6 is 11.6 Å². The van der Waals surface area contributed by atoms with Crippen LogP contribution in [-0.4, -0.2) is 38.2 Å². The molecule has 1 heterocycles. The number of ether oxygens (including phenoxy) is 2. The monoisotopic (exact) mass is 271 g/mol. The van der Waals surface area contributed by atoms with Crippen LogP contribution in [-0.2, 0) is 0 Å². The molecule has 1 aliphatic heterocycles. The average molecular weight is 272 g/mol. The number of carbonyl (C=O) groups excluding carboxylic acids is 1. The second-order valence-corrected chi connectivity index (χ2v) is 4.31. The lowest BCUT2D eigenvalue weighted by atomic mass is 10.0. The first-order chi connectivity index (χ1) is 8.69. The smallest absolute Gasteiger partial charge is 0.173 e. The van der Waals surface area contributed by atoms with Gasteiger partial charge in [0.25, 0.3) is 0 Å². The molecule has 5 nitrogen and oxygen atoms in total. The van der Waals surface area contributed by atoms with E-state index in [1.54, 1.807) is 13.1 Å². The van der Waals surface area contributed by atoms with Gasteiger partial charge in [0.05, 0.1) is 16.7 Å². The lowest BCUT2D eigenvalue weighted by molar-refractivity contribution is 0.110. The Balaban J connectivity index is 2.53. The number of aliphatic hydroxyl groups is 1. The molecule has 0 aliphatic carbocycles. The van der Waals surface area contributed by atoms with E-state index in [9.17, 15) is 9.90 Å². The number of nitrogens with one attached hydrogen (secondary N) is 1. The van der Waals surface area contributed by atoms with Gasteiger partial charge in [-0.1, -0.05) is 11.6 Å². The predicted molar refractivity (Wildman–Crippen MR) is 66.7 cm³/mol. The summed E-state index contributed by atoms with van der Waals surface area (Å²) in [6, 6.07) is 1.54. The van der Waals surface area contributed by atoms with Crippen molar-refractivity contribution in [3.05, 3.63) is 22.2 Å². The minimum absolute atomic E-state index is 0.249. The molecular weight excluding hydrogens is 258 g/mol. The zero-order chi connectivity index (χ0) is 13.1. The molecule has 0 bridgehead atoms. The van der Waals surface area contributed by atoms with Crippen molar-refractivity contribution in [2.24, 2.45) is 0 Å². The molecule has 0 saturated carbocycles. The first kappa shape index (κ1) is 13.1. The molecular formula is C12H14ClNO4. The summed E-state index contributed by atoms with van der Waals surface area (Å²) in [7, 11) is 1.73. The summed E-state index contributed by atoms with van der Waals surface area (Å²) in [4.78, 5) is 11.0. The third-order valence-electron chi connectivity index (χ3n) is 2.70. The molecule has 0 aromatic heterocycles. The predicted octanol–water partition coefficient (Wildman–Crippen LogP) is 1.18. The number of benzene rings is 1. The molecule has 2 N–H and O–H groups in total. The first-order valence-corrected chi connectivity index (χ1v) is 5.96. The number of fused-ring (bicyclic) bond motifs is 1. The van der Waals surface area contributed by atoms with Gasteiger partial charge in [-0.05, 0) is 13.1 Å². The molecule has 1 aromatic rings. The Hall–Kier alpha value is -1.30. The maximum absolute atomic E-state index is 11.0. The van der Waals surface area contributed by atoms with Crippen LogP contribution in [0.1, 0.15) is 22.0 Å². The highest BCUT2D eigenvalue weighted by Gasteiger charge is 2.25. The molecule has 2 rings (SSSR count). The Labute approximate surface area is 110 Å². The van der Waals surface area contributed by atoms with Crippen LogP contribution in [0.2, 0.25) is 5.02 Å². The number of aliphatic hydroxyl groups excluding tert-OH is 1. The lowest BCUT2D eigenvalue weighted by Crippen LogP contribution is -2.22. The van der Waals surface area contributed by atoms with Gasteiger partial charge in [0, 0.05) is 12.1 Å². The zero-order valence-electron chi connectivity index (χ0n) is 9.90. The van der Waals surface area contributed by atoms with Gasteiger partial charge in [0.15, 0.2) is 17.8 Å². The van der Waals surface area contributed by atoms with E-state index < -0.39 is 6.10 Å². The van der Waals surface area contributed by atoms with E-state index in [-0.39, 0.29) is 10.6 Å². The molecule has 1 atom stereocenters. The third kappa shape index (κ3) is 2.29. The van der Waals surface area contributed by atoms with Crippen LogP contribution in [0, 0.1) is 0 Å². The second kappa shape index (κ2) is 5.56. The summed E-state index contributed by atoms with van der Waals surface area (Å²) in [6.45, 7) is 1.09. The molecule has 0 spiro atoms. The summed E-state index contributed by atoms with van der Waals surface area (Å²) in [5.74, 6) is 0.712. The number of carbonyl (C=O) groups is 1. The summed E-state index contributed by atoms with van der Waals surface area (Å²) < 4.78 is 10.9. The summed E-state index contributed by atoms with van der Waals surface area (Å²) in [5.41, 5.74) is 0.779. The van der Waals surface area contributed by atoms with E-state index in [1.807, 2.05) is 0 Å². The Kier molecular flexibility index (Phi) is 4.06. The molecule has 1 unspecified atom stereocenters. The van der Waals surface area contributed by atoms with E-state index in [0.29, 0.717) is 43.1 Å². The molecule has 0 saturated heterocycles. The van der Waals surface area contributed by atoms with E-state index in [2.05, 4.69) is 5.32 Å². The van der Waals surface area contributed by atoms with Crippen LogP contribution in [0.4, 0.5) is 0 Å². The SMILES string of the molecule is CNCC(O)c1cc(Cl)c(C=O)c2c1OCCO2. The van der Waals surface area contributed by atoms with E-state index >= 15 is 0 Å². The molecule has 6 heteroatoms. The van der Waals surface area contributed by atoms with Crippen LogP contribution in [0.3, 0.4) is 0 Å². The Morgan fingerprint density at radius 2 is 2.17 bits per heavy atom. The van der Waals surface area contributed by atoms with Crippen LogP contribution < -0.4 is 14.8 Å². The van der Waals surface area contributed by atoms with Gasteiger partial charge in [0.2, 0.25) is 0 Å². The van der Waals surface area contributed by atoms with Crippen LogP contribution in [0.5, 0.6) is 11.5 Å². The van der Waals surface area contributed by atoms with Crippen molar-refractivity contribution < 1.29 is 19.4 Å². The summed E-state index contributed by atoms with van der Waals surface area (Å²) in [6.07, 6.45) is -0.145. The van der Waals surface area contributed by atoms with Gasteiger partial charge in [-0.15, -0.1) is 0 Å². The minimum atomic E-state index is -0.774. The van der Waals surface area contributed by atoms with Gasteiger partial charge in [-0.2, -0.15) is 0 Å². The number of rotatable bonds is 4. The first-order valence-electron chi connectivity index (χ1n) is 5.58. The number of likely N-dealkylation sites (N-methyl/N-ethyl adjacent to an activating group) is 1. The van der Waals surface area contributed by atoms with Crippen molar-refractivity contribution in [3.8, 4) is 11.5 Å². The molecule has 18 heavy (non-hydrogen) atoms. The number of aldehydes is 1. The Morgan fingerprint density at radius 3 is 2.78 bits per heavy atom. The molecule has 98 valence electrons. The standard InChI is InChI=1S/C12H14ClNO4/c1-14-5-10(16)7-4-9(13)8(6-15)12-11(7)17-2-3-18-12/h4,6,10,14,16H,2-3,5H2,1H3. The largest absolute Gasteiger partial charge is 0.486 e. The van der Waals surface area contributed by atoms with E-state index in [0.717, 1.165) is 0 Å². The number of halogens is 1. The fourth-order valence-corrected chi connectivity index (χ4v) is 2.13. The van der Waals surface area contributed by atoms with Gasteiger partial charge < -0.3 is 19.9 Å². The highest BCUT2D eigenvalue weighted by atomic mass is 35.5. The van der Waals surface area contributed by atoms with Crippen molar-refractivity contribution in [1.29, 1.82) is 0 Å². The van der Waals surface area contributed by atoms with Crippen molar-refractivity contribution in [3.63, 3.8) is 0 Å². The highest BCUT2D eigenvalue weighted by molar-refractivity contribution is 6.33. The van der Waals surface area contributed by atoms with E-state index in [4.69, 9.17) is 21.1 Å². The maximum atomic E-state index is 11.0. The maximum Gasteiger partial charge on any atom is 0.173 e. The normalized spacial score (nSPS) is 15.3. The average Bonchev–Trinajstić information content (AvgIpc) is 2.38. The van der Waals surface area contributed by atoms with Crippen LogP contribution in [0.15, 0.2) is 6.07 Å². The molecule has 0 fully saturated rings. The van der Waals surface area contributed by atoms with Crippen molar-refractivity contribution >= 4 is 17.9 Å². The topological polar surface area (TPSA) is 67.8 Å². The second-order valence-electron chi connectivity index (χ2n) is 3.91. The Bertz CT molecular complexity index is 464. The van der Waals surface area contributed by atoms with Gasteiger partial charge in [0.1, 0.15) is 13.2 Å². The number of hydrogen-bond acceptors (Lipinski definition) is 5. The highest BCUT2D eigenvalue weighted by Crippen LogP contribution is 2.42. The van der Waals surface area contributed by atoms with Gasteiger partial charge in [-0.3, -0.25) is 4.79 Å². The van der Waals surface area contributed by atoms with Gasteiger partial charge in [-0.25, -0.2) is 0 Å². The molecule has 0 radical (unpaired) electrons. The lowest BCUT2D eigenvalue weighted by Gasteiger charge is -2.25. The fraction of sp³-hybridized carbons (Fsp3) is 0.417. The minimum Gasteiger partial charge on any atom is -0.486 e. The molecule has 0 amide bonds. The fourth-order valence-electron chi connectivity index (χ4n) is 1.88. The quantitative estimate of drug-likeness (QED) is 0.805. The van der Waals surface area contributed by atoms with Crippen molar-refractivity contribution in [2.75, 3.05) is 26.8 Å². The Morgan fingerprint density at radius 1 is 1.50 bits per heavy atom. The molecule has 1 aliphatic rings. The third-order valence-corrected chi connectivity index (χ3v) is 3.02. The van der Waals surface area contributed by atoms with Gasteiger partial charge >= 0.3 is 0 Å². The van der Waals surface area contributed by atoms with Crippen LogP contribution in [0.25, 0.3) is 0 Å². The summed E-state index contributed by atoms with van der Waals surface area (Å²) >= 11 is 6.01. The molecule has 1 aromatic carbocycles. The summed E-state index contributed by atoms with van der Waals surface area (Å²) in [5, 5.41) is 13.1. The number of hydrogen-bond donors (Lipinski definition) is 2.